The van der Waals surface area contributed by atoms with Crippen molar-refractivity contribution in [1.82, 2.24) is 4.98 Å². The van der Waals surface area contributed by atoms with Gasteiger partial charge in [0.1, 0.15) is 11.6 Å². The summed E-state index contributed by atoms with van der Waals surface area (Å²) >= 11 is 1.99. The molecule has 0 atom stereocenters. The minimum Gasteiger partial charge on any atom is -0.373 e. The highest BCUT2D eigenvalue weighted by Gasteiger charge is 2.11. The van der Waals surface area contributed by atoms with Crippen LogP contribution in [0.1, 0.15) is 23.0 Å². The van der Waals surface area contributed by atoms with E-state index in [1.165, 1.54) is 12.1 Å². The molecule has 0 aliphatic heterocycles. The standard InChI is InChI=1S/C15H15FIN3O/c1-3-11-6-9(7-14(18-2)19-11)15(21)20-13-5-4-10(16)8-12(13)17/h4-8H,3H2,1-2H3,(H,18,19)(H,20,21). The van der Waals surface area contributed by atoms with E-state index in [-0.39, 0.29) is 11.7 Å². The third-order valence-corrected chi connectivity index (χ3v) is 3.83. The van der Waals surface area contributed by atoms with Gasteiger partial charge >= 0.3 is 0 Å². The first-order valence-electron chi connectivity index (χ1n) is 6.48. The largest absolute Gasteiger partial charge is 0.373 e. The van der Waals surface area contributed by atoms with E-state index in [2.05, 4.69) is 15.6 Å². The Hall–Kier alpha value is -1.70. The molecule has 4 nitrogen and oxygen atoms in total. The maximum atomic E-state index is 13.1. The third kappa shape index (κ3) is 3.90. The Bertz CT molecular complexity index is 654. The van der Waals surface area contributed by atoms with Crippen LogP contribution in [-0.2, 0) is 6.42 Å². The van der Waals surface area contributed by atoms with Crippen LogP contribution < -0.4 is 10.6 Å². The fraction of sp³-hybridized carbons (Fsp3) is 0.200. The lowest BCUT2D eigenvalue weighted by Gasteiger charge is -2.10. The quantitative estimate of drug-likeness (QED) is 0.772. The molecule has 1 aromatic carbocycles. The molecule has 1 aromatic heterocycles. The Kier molecular flexibility index (Phi) is 5.11. The normalized spacial score (nSPS) is 10.3. The van der Waals surface area contributed by atoms with Crippen LogP contribution in [0, 0.1) is 9.39 Å². The van der Waals surface area contributed by atoms with Crippen molar-refractivity contribution in [2.45, 2.75) is 13.3 Å². The highest BCUT2D eigenvalue weighted by molar-refractivity contribution is 14.1. The summed E-state index contributed by atoms with van der Waals surface area (Å²) in [7, 11) is 1.76. The molecule has 110 valence electrons. The third-order valence-electron chi connectivity index (χ3n) is 2.94. The lowest BCUT2D eigenvalue weighted by molar-refractivity contribution is 0.102. The van der Waals surface area contributed by atoms with Crippen LogP contribution in [0.25, 0.3) is 0 Å². The Morgan fingerprint density at radius 1 is 1.33 bits per heavy atom. The summed E-state index contributed by atoms with van der Waals surface area (Å²) in [5.74, 6) is 0.0773. The van der Waals surface area contributed by atoms with Gasteiger partial charge in [-0.1, -0.05) is 6.92 Å². The number of hydrogen-bond donors (Lipinski definition) is 2. The summed E-state index contributed by atoms with van der Waals surface area (Å²) in [6.45, 7) is 1.98. The fourth-order valence-electron chi connectivity index (χ4n) is 1.81. The first-order chi connectivity index (χ1) is 10.0. The van der Waals surface area contributed by atoms with Crippen LogP contribution in [-0.4, -0.2) is 17.9 Å². The van der Waals surface area contributed by atoms with Gasteiger partial charge in [0.25, 0.3) is 5.91 Å². The summed E-state index contributed by atoms with van der Waals surface area (Å²) in [5, 5.41) is 5.73. The summed E-state index contributed by atoms with van der Waals surface area (Å²) < 4.78 is 13.7. The topological polar surface area (TPSA) is 54.0 Å². The van der Waals surface area contributed by atoms with Crippen molar-refractivity contribution >= 4 is 40.0 Å². The number of amides is 1. The first kappa shape index (κ1) is 15.7. The van der Waals surface area contributed by atoms with Crippen LogP contribution in [0.5, 0.6) is 0 Å². The molecule has 0 fully saturated rings. The van der Waals surface area contributed by atoms with E-state index in [0.717, 1.165) is 12.1 Å². The molecule has 2 aromatic rings. The lowest BCUT2D eigenvalue weighted by atomic mass is 10.1. The maximum absolute atomic E-state index is 13.1. The van der Waals surface area contributed by atoms with E-state index in [0.29, 0.717) is 20.6 Å². The number of carbonyl (C=O) groups is 1. The van der Waals surface area contributed by atoms with Crippen molar-refractivity contribution in [1.29, 1.82) is 0 Å². The second-order valence-electron chi connectivity index (χ2n) is 4.41. The number of pyridine rings is 1. The van der Waals surface area contributed by atoms with Crippen molar-refractivity contribution < 1.29 is 9.18 Å². The number of aryl methyl sites for hydroxylation is 1. The van der Waals surface area contributed by atoms with Gasteiger partial charge in [0, 0.05) is 21.9 Å². The molecule has 0 saturated carbocycles. The fourth-order valence-corrected chi connectivity index (χ4v) is 2.43. The molecule has 0 aliphatic rings. The highest BCUT2D eigenvalue weighted by Crippen LogP contribution is 2.20. The molecule has 21 heavy (non-hydrogen) atoms. The van der Waals surface area contributed by atoms with Crippen molar-refractivity contribution in [3.63, 3.8) is 0 Å². The van der Waals surface area contributed by atoms with Gasteiger partial charge in [-0.05, 0) is 59.3 Å². The Morgan fingerprint density at radius 2 is 2.10 bits per heavy atom. The van der Waals surface area contributed by atoms with E-state index in [1.54, 1.807) is 25.2 Å². The van der Waals surface area contributed by atoms with E-state index in [1.807, 2.05) is 29.5 Å². The van der Waals surface area contributed by atoms with Gasteiger partial charge in [0.15, 0.2) is 0 Å². The average Bonchev–Trinajstić information content (AvgIpc) is 2.49. The summed E-state index contributed by atoms with van der Waals surface area (Å²) in [4.78, 5) is 16.7. The number of nitrogens with zero attached hydrogens (tertiary/aromatic N) is 1. The highest BCUT2D eigenvalue weighted by atomic mass is 127. The molecule has 0 aliphatic carbocycles. The monoisotopic (exact) mass is 399 g/mol. The molecule has 2 rings (SSSR count). The van der Waals surface area contributed by atoms with Crippen LogP contribution in [0.4, 0.5) is 15.9 Å². The van der Waals surface area contributed by atoms with Crippen molar-refractivity contribution in [2.75, 3.05) is 17.7 Å². The molecule has 2 N–H and O–H groups in total. The number of aromatic nitrogens is 1. The van der Waals surface area contributed by atoms with Gasteiger partial charge in [0.2, 0.25) is 0 Å². The molecule has 1 heterocycles. The molecule has 0 bridgehead atoms. The van der Waals surface area contributed by atoms with E-state index in [9.17, 15) is 9.18 Å². The maximum Gasteiger partial charge on any atom is 0.255 e. The summed E-state index contributed by atoms with van der Waals surface area (Å²) in [5.41, 5.74) is 1.94. The molecule has 0 spiro atoms. The van der Waals surface area contributed by atoms with Crippen LogP contribution in [0.2, 0.25) is 0 Å². The van der Waals surface area contributed by atoms with Gasteiger partial charge < -0.3 is 10.6 Å². The zero-order valence-electron chi connectivity index (χ0n) is 11.7. The first-order valence-corrected chi connectivity index (χ1v) is 7.56. The Morgan fingerprint density at radius 3 is 2.71 bits per heavy atom. The molecule has 0 saturated heterocycles. The van der Waals surface area contributed by atoms with Gasteiger partial charge in [-0.3, -0.25) is 4.79 Å². The zero-order chi connectivity index (χ0) is 15.4. The molecule has 0 unspecified atom stereocenters. The number of hydrogen-bond acceptors (Lipinski definition) is 3. The number of benzene rings is 1. The smallest absolute Gasteiger partial charge is 0.255 e. The SMILES string of the molecule is CCc1cc(C(=O)Nc2ccc(F)cc2I)cc(NC)n1. The molecule has 0 radical (unpaired) electrons. The van der Waals surface area contributed by atoms with Gasteiger partial charge in [-0.15, -0.1) is 0 Å². The van der Waals surface area contributed by atoms with Gasteiger partial charge in [0.05, 0.1) is 5.69 Å². The Balaban J connectivity index is 2.27. The number of halogens is 2. The van der Waals surface area contributed by atoms with Crippen molar-refractivity contribution in [2.24, 2.45) is 0 Å². The number of anilines is 2. The zero-order valence-corrected chi connectivity index (χ0v) is 13.9. The number of carbonyl (C=O) groups excluding carboxylic acids is 1. The summed E-state index contributed by atoms with van der Waals surface area (Å²) in [6, 6.07) is 7.69. The van der Waals surface area contributed by atoms with E-state index < -0.39 is 0 Å². The average molecular weight is 399 g/mol. The van der Waals surface area contributed by atoms with Crippen LogP contribution >= 0.6 is 22.6 Å². The second kappa shape index (κ2) is 6.84. The molecule has 1 amide bonds. The van der Waals surface area contributed by atoms with Crippen molar-refractivity contribution in [3.05, 3.63) is 51.0 Å². The molecular formula is C15H15FIN3O. The minimum absolute atomic E-state index is 0.242. The van der Waals surface area contributed by atoms with E-state index >= 15 is 0 Å². The lowest BCUT2D eigenvalue weighted by Crippen LogP contribution is -2.14. The number of nitrogens with one attached hydrogen (secondary N) is 2. The van der Waals surface area contributed by atoms with Crippen molar-refractivity contribution in [3.8, 4) is 0 Å². The Labute approximate surface area is 136 Å². The van der Waals surface area contributed by atoms with Crippen LogP contribution in [0.15, 0.2) is 30.3 Å². The minimum atomic E-state index is -0.327. The summed E-state index contributed by atoms with van der Waals surface area (Å²) in [6.07, 6.45) is 0.740. The molecule has 6 heteroatoms. The predicted octanol–water partition coefficient (Wildman–Crippen LogP) is 3.68. The van der Waals surface area contributed by atoms with Gasteiger partial charge in [-0.2, -0.15) is 0 Å². The second-order valence-corrected chi connectivity index (χ2v) is 5.58. The number of rotatable bonds is 4. The van der Waals surface area contributed by atoms with Gasteiger partial charge in [-0.25, -0.2) is 9.37 Å². The van der Waals surface area contributed by atoms with E-state index in [4.69, 9.17) is 0 Å². The molecular weight excluding hydrogens is 384 g/mol. The van der Waals surface area contributed by atoms with Crippen LogP contribution in [0.3, 0.4) is 0 Å². The predicted molar refractivity (Wildman–Crippen MR) is 90.2 cm³/mol.